The molecule has 0 aliphatic rings. The molecule has 0 spiro atoms. The topological polar surface area (TPSA) is 149 Å². The number of hydrogen-bond acceptors (Lipinski definition) is 9. The fraction of sp³-hybridized carbons (Fsp3) is 0.667. The molecule has 0 saturated heterocycles. The van der Waals surface area contributed by atoms with Gasteiger partial charge in [0.15, 0.2) is 0 Å². The monoisotopic (exact) mass is 684 g/mol. The predicted molar refractivity (Wildman–Crippen MR) is 187 cm³/mol. The minimum absolute atomic E-state index is 0.0418. The maximum Gasteiger partial charge on any atom is 0.472 e. The molecule has 0 aromatic heterocycles. The number of phosphoric acid groups is 1. The van der Waals surface area contributed by atoms with Gasteiger partial charge in [-0.15, -0.1) is 0 Å². The summed E-state index contributed by atoms with van der Waals surface area (Å²) >= 11 is 0. The summed E-state index contributed by atoms with van der Waals surface area (Å²) in [5.41, 5.74) is 0. The number of rotatable bonds is 31. The molecule has 0 amide bonds. The number of ether oxygens (including phenoxy) is 2. The number of hydrogen-bond donors (Lipinski definition) is 3. The molecule has 0 bridgehead atoms. The smallest absolute Gasteiger partial charge is 0.457 e. The van der Waals surface area contributed by atoms with Gasteiger partial charge in [-0.2, -0.15) is 0 Å². The second-order valence-corrected chi connectivity index (χ2v) is 12.6. The summed E-state index contributed by atoms with van der Waals surface area (Å²) in [4.78, 5) is 34.1. The van der Waals surface area contributed by atoms with Crippen LogP contribution < -0.4 is 0 Å². The summed E-state index contributed by atoms with van der Waals surface area (Å²) in [7, 11) is -4.65. The van der Waals surface area contributed by atoms with Crippen LogP contribution in [-0.4, -0.2) is 65.7 Å². The minimum atomic E-state index is -4.65. The normalized spacial score (nSPS) is 14.9. The zero-order valence-corrected chi connectivity index (χ0v) is 29.6. The molecule has 0 rings (SSSR count). The number of phosphoric ester groups is 1. The molecule has 0 heterocycles. The van der Waals surface area contributed by atoms with Gasteiger partial charge < -0.3 is 24.6 Å². The number of aliphatic hydroxyl groups excluding tert-OH is 2. The van der Waals surface area contributed by atoms with Crippen molar-refractivity contribution in [3.8, 4) is 0 Å². The number of carbonyl (C=O) groups excluding carboxylic acids is 2. The first-order valence-corrected chi connectivity index (χ1v) is 18.7. The Morgan fingerprint density at radius 1 is 0.596 bits per heavy atom. The fourth-order valence-corrected chi connectivity index (χ4v) is 4.91. The molecule has 0 aromatic carbocycles. The third kappa shape index (κ3) is 30.7. The molecule has 270 valence electrons. The van der Waals surface area contributed by atoms with E-state index in [0.29, 0.717) is 12.8 Å². The van der Waals surface area contributed by atoms with Crippen LogP contribution in [0.3, 0.4) is 0 Å². The first-order valence-electron chi connectivity index (χ1n) is 17.2. The van der Waals surface area contributed by atoms with Crippen molar-refractivity contribution in [2.24, 2.45) is 0 Å². The van der Waals surface area contributed by atoms with E-state index in [1.807, 2.05) is 18.2 Å². The van der Waals surface area contributed by atoms with Gasteiger partial charge >= 0.3 is 19.8 Å². The summed E-state index contributed by atoms with van der Waals surface area (Å²) in [5, 5.41) is 19.0. The van der Waals surface area contributed by atoms with E-state index in [1.54, 1.807) is 6.08 Å². The van der Waals surface area contributed by atoms with Crippen molar-refractivity contribution in [1.82, 2.24) is 0 Å². The van der Waals surface area contributed by atoms with E-state index in [2.05, 4.69) is 50.3 Å². The van der Waals surface area contributed by atoms with Gasteiger partial charge in [0.05, 0.1) is 32.8 Å². The molecular formula is C36H61O10P. The number of esters is 2. The van der Waals surface area contributed by atoms with Crippen LogP contribution in [0.2, 0.25) is 0 Å². The van der Waals surface area contributed by atoms with Gasteiger partial charge in [0, 0.05) is 6.42 Å². The molecule has 3 N–H and O–H groups in total. The minimum Gasteiger partial charge on any atom is -0.457 e. The molecule has 3 unspecified atom stereocenters. The van der Waals surface area contributed by atoms with Gasteiger partial charge in [-0.3, -0.25) is 18.6 Å². The molecule has 10 nitrogen and oxygen atoms in total. The average molecular weight is 685 g/mol. The van der Waals surface area contributed by atoms with E-state index in [0.717, 1.165) is 44.9 Å². The van der Waals surface area contributed by atoms with Gasteiger partial charge in [-0.05, 0) is 38.5 Å². The van der Waals surface area contributed by atoms with Crippen LogP contribution >= 0.6 is 7.82 Å². The summed E-state index contributed by atoms with van der Waals surface area (Å²) in [5.74, 6) is -1.16. The molecule has 0 radical (unpaired) electrons. The maximum absolute atomic E-state index is 12.3. The largest absolute Gasteiger partial charge is 0.472 e. The lowest BCUT2D eigenvalue weighted by Gasteiger charge is -2.20. The van der Waals surface area contributed by atoms with E-state index in [9.17, 15) is 29.3 Å². The summed E-state index contributed by atoms with van der Waals surface area (Å²) in [6.07, 6.45) is 32.4. The summed E-state index contributed by atoms with van der Waals surface area (Å²) in [6, 6.07) is 0. The van der Waals surface area contributed by atoms with Gasteiger partial charge in [0.25, 0.3) is 0 Å². The Kier molecular flexibility index (Phi) is 30.6. The molecule has 0 saturated carbocycles. The van der Waals surface area contributed by atoms with Crippen molar-refractivity contribution in [3.05, 3.63) is 60.8 Å². The highest BCUT2D eigenvalue weighted by Crippen LogP contribution is 2.43. The van der Waals surface area contributed by atoms with Gasteiger partial charge in [-0.1, -0.05) is 126 Å². The Morgan fingerprint density at radius 3 is 1.45 bits per heavy atom. The van der Waals surface area contributed by atoms with Crippen molar-refractivity contribution in [1.29, 1.82) is 0 Å². The summed E-state index contributed by atoms with van der Waals surface area (Å²) < 4.78 is 32.2. The number of carbonyl (C=O) groups is 2. The molecule has 0 aliphatic carbocycles. The van der Waals surface area contributed by atoms with Crippen LogP contribution in [0.4, 0.5) is 0 Å². The van der Waals surface area contributed by atoms with Crippen molar-refractivity contribution in [2.75, 3.05) is 26.4 Å². The number of allylic oxidation sites excluding steroid dienone is 9. The van der Waals surface area contributed by atoms with Crippen molar-refractivity contribution >= 4 is 19.8 Å². The van der Waals surface area contributed by atoms with E-state index in [1.165, 1.54) is 32.1 Å². The SMILES string of the molecule is CC/C=C\C/C=C\C/C=C\C/C=C\C/C=C\CC(=O)OC(CO)COP(=O)(O)OCC(CO)OC(=O)CCCCCCCCCCC. The molecule has 0 aromatic rings. The second kappa shape index (κ2) is 32.2. The van der Waals surface area contributed by atoms with E-state index in [-0.39, 0.29) is 12.8 Å². The first-order chi connectivity index (χ1) is 22.8. The van der Waals surface area contributed by atoms with Crippen LogP contribution in [0.5, 0.6) is 0 Å². The standard InChI is InChI=1S/C36H61O10P/c1-3-5-7-9-11-13-14-15-16-17-18-20-22-24-26-28-36(40)46-34(30-38)32-44-47(41,42)43-31-33(29-37)45-35(39)27-25-23-21-19-12-10-8-6-4-2/h5,7,11,13,15-16,18,20,24,26,33-34,37-38H,3-4,6,8-10,12,14,17,19,21-23,25,27-32H2,1-2H3,(H,41,42)/b7-5-,13-11-,16-15-,20-18-,26-24-. The summed E-state index contributed by atoms with van der Waals surface area (Å²) in [6.45, 7) is 1.91. The fourth-order valence-electron chi connectivity index (χ4n) is 4.13. The number of unbranched alkanes of at least 4 members (excludes halogenated alkanes) is 8. The highest BCUT2D eigenvalue weighted by Gasteiger charge is 2.27. The lowest BCUT2D eigenvalue weighted by Crippen LogP contribution is -2.28. The molecular weight excluding hydrogens is 623 g/mol. The molecule has 3 atom stereocenters. The maximum atomic E-state index is 12.3. The van der Waals surface area contributed by atoms with Gasteiger partial charge in [0.2, 0.25) is 0 Å². The van der Waals surface area contributed by atoms with Crippen molar-refractivity contribution < 1.29 is 47.8 Å². The van der Waals surface area contributed by atoms with E-state index >= 15 is 0 Å². The van der Waals surface area contributed by atoms with E-state index in [4.69, 9.17) is 18.5 Å². The van der Waals surface area contributed by atoms with Gasteiger partial charge in [0.1, 0.15) is 12.2 Å². The molecule has 47 heavy (non-hydrogen) atoms. The van der Waals surface area contributed by atoms with E-state index < -0.39 is 58.4 Å². The van der Waals surface area contributed by atoms with Crippen LogP contribution in [-0.2, 0) is 32.7 Å². The third-order valence-electron chi connectivity index (χ3n) is 6.78. The molecule has 0 aliphatic heterocycles. The molecule has 11 heteroatoms. The second-order valence-electron chi connectivity index (χ2n) is 11.1. The highest BCUT2D eigenvalue weighted by atomic mass is 31.2. The Labute approximate surface area is 283 Å². The molecule has 0 fully saturated rings. The van der Waals surface area contributed by atoms with Crippen LogP contribution in [0.25, 0.3) is 0 Å². The van der Waals surface area contributed by atoms with Crippen LogP contribution in [0.1, 0.15) is 117 Å². The number of aliphatic hydroxyl groups is 2. The Hall–Kier alpha value is -2.33. The van der Waals surface area contributed by atoms with Crippen molar-refractivity contribution in [3.63, 3.8) is 0 Å². The third-order valence-corrected chi connectivity index (χ3v) is 7.73. The average Bonchev–Trinajstić information content (AvgIpc) is 3.05. The quantitative estimate of drug-likeness (QED) is 0.0284. The van der Waals surface area contributed by atoms with Gasteiger partial charge in [-0.25, -0.2) is 4.57 Å². The lowest BCUT2D eigenvalue weighted by molar-refractivity contribution is -0.153. The lowest BCUT2D eigenvalue weighted by atomic mass is 10.1. The van der Waals surface area contributed by atoms with Crippen molar-refractivity contribution in [2.45, 2.75) is 129 Å². The van der Waals surface area contributed by atoms with Crippen LogP contribution in [0.15, 0.2) is 60.8 Å². The van der Waals surface area contributed by atoms with Crippen LogP contribution in [0, 0.1) is 0 Å². The Morgan fingerprint density at radius 2 is 1.00 bits per heavy atom. The zero-order valence-electron chi connectivity index (χ0n) is 28.7. The zero-order chi connectivity index (χ0) is 34.9. The Balaban J connectivity index is 4.18. The Bertz CT molecular complexity index is 973. The highest BCUT2D eigenvalue weighted by molar-refractivity contribution is 7.47. The predicted octanol–water partition coefficient (Wildman–Crippen LogP) is 7.99. The first kappa shape index (κ1) is 44.7.